The van der Waals surface area contributed by atoms with Crippen LogP contribution in [0.1, 0.15) is 38.5 Å². The Hall–Kier alpha value is -0.0400. The van der Waals surface area contributed by atoms with Crippen LogP contribution in [0.2, 0.25) is 0 Å². The molecule has 0 spiro atoms. The van der Waals surface area contributed by atoms with Gasteiger partial charge in [0.25, 0.3) is 0 Å². The van der Waals surface area contributed by atoms with Gasteiger partial charge in [-0.05, 0) is 37.5 Å². The Kier molecular flexibility index (Phi) is 0.722. The molecule has 3 rings (SSSR count). The van der Waals surface area contributed by atoms with Gasteiger partial charge >= 0.3 is 0 Å². The van der Waals surface area contributed by atoms with E-state index < -0.39 is 0 Å². The van der Waals surface area contributed by atoms with Crippen molar-refractivity contribution in [3.8, 4) is 0 Å². The van der Waals surface area contributed by atoms with Crippen molar-refractivity contribution in [1.29, 1.82) is 0 Å². The van der Waals surface area contributed by atoms with Crippen molar-refractivity contribution in [2.45, 2.75) is 44.6 Å². The lowest BCUT2D eigenvalue weighted by molar-refractivity contribution is 0.102. The van der Waals surface area contributed by atoms with E-state index in [4.69, 9.17) is 0 Å². The molecule has 1 N–H and O–H groups in total. The van der Waals surface area contributed by atoms with Gasteiger partial charge in [0.1, 0.15) is 0 Å². The average molecular weight is 138 g/mol. The number of aliphatic hydroxyl groups excluding tert-OH is 1. The standard InChI is InChI=1S/C9H14O/c10-7-2-5-8-3-1-4-9(7,8)6-8/h7,10H,1-6H2/t7-,8-,9-/m1/s1. The summed E-state index contributed by atoms with van der Waals surface area (Å²) in [4.78, 5) is 0. The maximum Gasteiger partial charge on any atom is 0.0602 e. The second-order valence-electron chi connectivity index (χ2n) is 4.52. The van der Waals surface area contributed by atoms with Crippen LogP contribution in [0.3, 0.4) is 0 Å². The average Bonchev–Trinajstić information content (AvgIpc) is 2.36. The van der Waals surface area contributed by atoms with Crippen molar-refractivity contribution >= 4 is 0 Å². The van der Waals surface area contributed by atoms with Gasteiger partial charge in [-0.25, -0.2) is 0 Å². The van der Waals surface area contributed by atoms with Crippen molar-refractivity contribution in [3.63, 3.8) is 0 Å². The second kappa shape index (κ2) is 1.29. The molecule has 0 radical (unpaired) electrons. The highest BCUT2D eigenvalue weighted by atomic mass is 16.3. The van der Waals surface area contributed by atoms with Crippen LogP contribution in [0.5, 0.6) is 0 Å². The zero-order valence-electron chi connectivity index (χ0n) is 6.27. The maximum atomic E-state index is 9.70. The van der Waals surface area contributed by atoms with Crippen LogP contribution >= 0.6 is 0 Å². The minimum Gasteiger partial charge on any atom is -0.393 e. The molecule has 3 fully saturated rings. The number of aliphatic hydroxyl groups is 1. The van der Waals surface area contributed by atoms with Gasteiger partial charge in [-0.1, -0.05) is 6.42 Å². The Morgan fingerprint density at radius 1 is 1.20 bits per heavy atom. The number of hydrogen-bond donors (Lipinski definition) is 1. The molecule has 0 bridgehead atoms. The topological polar surface area (TPSA) is 20.2 Å². The largest absolute Gasteiger partial charge is 0.393 e. The van der Waals surface area contributed by atoms with Crippen molar-refractivity contribution in [3.05, 3.63) is 0 Å². The number of rotatable bonds is 0. The van der Waals surface area contributed by atoms with E-state index in [-0.39, 0.29) is 6.10 Å². The molecule has 0 amide bonds. The van der Waals surface area contributed by atoms with Crippen LogP contribution in [0.25, 0.3) is 0 Å². The molecule has 0 aromatic carbocycles. The summed E-state index contributed by atoms with van der Waals surface area (Å²) in [6, 6.07) is 0. The highest BCUT2D eigenvalue weighted by Gasteiger charge is 2.75. The van der Waals surface area contributed by atoms with E-state index in [0.717, 1.165) is 6.42 Å². The van der Waals surface area contributed by atoms with Gasteiger partial charge in [0.2, 0.25) is 0 Å². The monoisotopic (exact) mass is 138 g/mol. The van der Waals surface area contributed by atoms with Gasteiger partial charge in [0, 0.05) is 5.41 Å². The van der Waals surface area contributed by atoms with Crippen LogP contribution < -0.4 is 0 Å². The smallest absolute Gasteiger partial charge is 0.0602 e. The predicted octanol–water partition coefficient (Wildman–Crippen LogP) is 1.70. The first kappa shape index (κ1) is 5.59. The molecule has 3 atom stereocenters. The molecule has 0 saturated heterocycles. The Balaban J connectivity index is 2.04. The minimum absolute atomic E-state index is 0.0787. The molecule has 0 heterocycles. The molecular formula is C9H14O. The molecule has 3 aliphatic rings. The van der Waals surface area contributed by atoms with E-state index in [1.165, 1.54) is 32.1 Å². The van der Waals surface area contributed by atoms with Gasteiger partial charge in [-0.15, -0.1) is 0 Å². The molecule has 56 valence electrons. The summed E-state index contributed by atoms with van der Waals surface area (Å²) in [5, 5.41) is 9.70. The first-order valence-corrected chi connectivity index (χ1v) is 4.47. The van der Waals surface area contributed by atoms with Gasteiger partial charge in [-0.3, -0.25) is 0 Å². The first-order chi connectivity index (χ1) is 4.79. The van der Waals surface area contributed by atoms with Gasteiger partial charge in [0.05, 0.1) is 6.10 Å². The Labute approximate surface area is 61.4 Å². The van der Waals surface area contributed by atoms with E-state index in [2.05, 4.69) is 0 Å². The van der Waals surface area contributed by atoms with Crippen LogP contribution in [-0.4, -0.2) is 11.2 Å². The van der Waals surface area contributed by atoms with Crippen LogP contribution in [0, 0.1) is 10.8 Å². The highest BCUT2D eigenvalue weighted by Crippen LogP contribution is 2.80. The fourth-order valence-corrected chi connectivity index (χ4v) is 3.78. The molecule has 0 aromatic heterocycles. The molecule has 10 heavy (non-hydrogen) atoms. The lowest BCUT2D eigenvalue weighted by Gasteiger charge is -2.14. The Bertz CT molecular complexity index is 181. The quantitative estimate of drug-likeness (QED) is 0.540. The van der Waals surface area contributed by atoms with E-state index in [9.17, 15) is 5.11 Å². The third-order valence-electron chi connectivity index (χ3n) is 4.40. The van der Waals surface area contributed by atoms with E-state index in [1.54, 1.807) is 0 Å². The fourth-order valence-electron chi connectivity index (χ4n) is 3.78. The fraction of sp³-hybridized carbons (Fsp3) is 1.00. The summed E-state index contributed by atoms with van der Waals surface area (Å²) in [6.07, 6.45) is 8.00. The second-order valence-corrected chi connectivity index (χ2v) is 4.52. The molecule has 3 aliphatic carbocycles. The summed E-state index contributed by atoms with van der Waals surface area (Å²) in [6.45, 7) is 0. The molecule has 1 heteroatoms. The van der Waals surface area contributed by atoms with Gasteiger partial charge in [0.15, 0.2) is 0 Å². The van der Waals surface area contributed by atoms with E-state index >= 15 is 0 Å². The van der Waals surface area contributed by atoms with Gasteiger partial charge < -0.3 is 5.11 Å². The summed E-state index contributed by atoms with van der Waals surface area (Å²) >= 11 is 0. The Morgan fingerprint density at radius 3 is 2.80 bits per heavy atom. The minimum atomic E-state index is 0.0787. The zero-order chi connectivity index (χ0) is 6.82. The van der Waals surface area contributed by atoms with Crippen LogP contribution in [0.4, 0.5) is 0 Å². The zero-order valence-corrected chi connectivity index (χ0v) is 6.27. The molecule has 0 unspecified atom stereocenters. The SMILES string of the molecule is O[C@@H]1CC[C@@]23CCC[C@@]12C3. The van der Waals surface area contributed by atoms with Crippen molar-refractivity contribution < 1.29 is 5.11 Å². The normalized spacial score (nSPS) is 63.9. The molecule has 0 aromatic rings. The summed E-state index contributed by atoms with van der Waals surface area (Å²) in [7, 11) is 0. The molecule has 0 aliphatic heterocycles. The molecule has 1 nitrogen and oxygen atoms in total. The molecule has 3 saturated carbocycles. The van der Waals surface area contributed by atoms with E-state index in [1.807, 2.05) is 0 Å². The van der Waals surface area contributed by atoms with Crippen molar-refractivity contribution in [2.24, 2.45) is 10.8 Å². The third kappa shape index (κ3) is 0.355. The molecular weight excluding hydrogens is 124 g/mol. The number of hydrogen-bond acceptors (Lipinski definition) is 1. The van der Waals surface area contributed by atoms with Gasteiger partial charge in [-0.2, -0.15) is 0 Å². The van der Waals surface area contributed by atoms with Crippen molar-refractivity contribution in [1.82, 2.24) is 0 Å². The predicted molar refractivity (Wildman–Crippen MR) is 38.6 cm³/mol. The van der Waals surface area contributed by atoms with Crippen LogP contribution in [0.15, 0.2) is 0 Å². The van der Waals surface area contributed by atoms with Crippen LogP contribution in [-0.2, 0) is 0 Å². The first-order valence-electron chi connectivity index (χ1n) is 4.47. The Morgan fingerprint density at radius 2 is 2.10 bits per heavy atom. The lowest BCUT2D eigenvalue weighted by Crippen LogP contribution is -2.17. The van der Waals surface area contributed by atoms with E-state index in [0.29, 0.717) is 10.8 Å². The lowest BCUT2D eigenvalue weighted by atomic mass is 9.98. The highest BCUT2D eigenvalue weighted by molar-refractivity contribution is 5.24. The summed E-state index contributed by atoms with van der Waals surface area (Å²) in [5.74, 6) is 0. The van der Waals surface area contributed by atoms with Crippen molar-refractivity contribution in [2.75, 3.05) is 0 Å². The summed E-state index contributed by atoms with van der Waals surface area (Å²) < 4.78 is 0. The maximum absolute atomic E-state index is 9.70. The summed E-state index contributed by atoms with van der Waals surface area (Å²) in [5.41, 5.74) is 1.14. The third-order valence-corrected chi connectivity index (χ3v) is 4.40.